The van der Waals surface area contributed by atoms with E-state index in [0.29, 0.717) is 11.6 Å². The van der Waals surface area contributed by atoms with Crippen molar-refractivity contribution in [2.24, 2.45) is 0 Å². The fourth-order valence-corrected chi connectivity index (χ4v) is 2.40. The van der Waals surface area contributed by atoms with Crippen molar-refractivity contribution < 1.29 is 5.11 Å². The van der Waals surface area contributed by atoms with Gasteiger partial charge in [0, 0.05) is 24.8 Å². The Labute approximate surface area is 119 Å². The third-order valence-electron chi connectivity index (χ3n) is 3.13. The Morgan fingerprint density at radius 1 is 1.11 bits per heavy atom. The van der Waals surface area contributed by atoms with Crippen molar-refractivity contribution in [1.29, 1.82) is 0 Å². The Bertz CT molecular complexity index is 575. The molecule has 0 radical (unpaired) electrons. The van der Waals surface area contributed by atoms with Gasteiger partial charge in [0.2, 0.25) is 0 Å². The first-order chi connectivity index (χ1) is 8.97. The number of aryl methyl sites for hydroxylation is 2. The van der Waals surface area contributed by atoms with Gasteiger partial charge in [0.05, 0.1) is 5.02 Å². The number of aromatic hydroxyl groups is 1. The highest BCUT2D eigenvalue weighted by molar-refractivity contribution is 6.32. The molecule has 3 heteroatoms. The van der Waals surface area contributed by atoms with Crippen molar-refractivity contribution in [1.82, 2.24) is 0 Å². The molecule has 0 unspecified atom stereocenters. The first kappa shape index (κ1) is 13.8. The van der Waals surface area contributed by atoms with Crippen LogP contribution in [0, 0.1) is 13.8 Å². The molecule has 0 bridgehead atoms. The topological polar surface area (TPSA) is 23.5 Å². The maximum Gasteiger partial charge on any atom is 0.139 e. The second-order valence-electron chi connectivity index (χ2n) is 4.95. The highest BCUT2D eigenvalue weighted by Gasteiger charge is 2.09. The van der Waals surface area contributed by atoms with Crippen LogP contribution in [0.2, 0.25) is 5.02 Å². The van der Waals surface area contributed by atoms with Crippen molar-refractivity contribution in [3.63, 3.8) is 0 Å². The summed E-state index contributed by atoms with van der Waals surface area (Å²) < 4.78 is 0. The molecular formula is C16H18ClNO. The van der Waals surface area contributed by atoms with Crippen molar-refractivity contribution in [2.45, 2.75) is 20.4 Å². The van der Waals surface area contributed by atoms with Gasteiger partial charge in [0.15, 0.2) is 0 Å². The number of benzene rings is 2. The third-order valence-corrected chi connectivity index (χ3v) is 3.43. The fraction of sp³-hybridized carbons (Fsp3) is 0.250. The number of nitrogens with zero attached hydrogens (tertiary/aromatic N) is 1. The fourth-order valence-electron chi connectivity index (χ4n) is 2.21. The van der Waals surface area contributed by atoms with E-state index in [2.05, 4.69) is 36.9 Å². The Hall–Kier alpha value is -1.67. The highest BCUT2D eigenvalue weighted by Crippen LogP contribution is 2.29. The molecule has 0 aliphatic heterocycles. The lowest BCUT2D eigenvalue weighted by Crippen LogP contribution is -2.16. The van der Waals surface area contributed by atoms with E-state index in [1.54, 1.807) is 6.07 Å². The molecule has 0 saturated heterocycles. The molecule has 0 atom stereocenters. The van der Waals surface area contributed by atoms with Crippen LogP contribution in [0.1, 0.15) is 16.7 Å². The van der Waals surface area contributed by atoms with Crippen LogP contribution in [0.5, 0.6) is 5.75 Å². The van der Waals surface area contributed by atoms with Crippen LogP contribution in [-0.2, 0) is 6.54 Å². The quantitative estimate of drug-likeness (QED) is 0.903. The number of anilines is 1. The lowest BCUT2D eigenvalue weighted by Gasteiger charge is -2.21. The van der Waals surface area contributed by atoms with Gasteiger partial charge in [-0.2, -0.15) is 0 Å². The van der Waals surface area contributed by atoms with E-state index in [1.807, 2.05) is 19.2 Å². The van der Waals surface area contributed by atoms with Crippen molar-refractivity contribution in [2.75, 3.05) is 11.9 Å². The van der Waals surface area contributed by atoms with E-state index in [0.717, 1.165) is 11.3 Å². The summed E-state index contributed by atoms with van der Waals surface area (Å²) in [5.74, 6) is 0.167. The van der Waals surface area contributed by atoms with Crippen LogP contribution in [0.25, 0.3) is 0 Å². The summed E-state index contributed by atoms with van der Waals surface area (Å²) in [6.45, 7) is 4.79. The lowest BCUT2D eigenvalue weighted by molar-refractivity contribution is 0.468. The number of hydrogen-bond donors (Lipinski definition) is 1. The molecule has 2 aromatic carbocycles. The van der Waals surface area contributed by atoms with E-state index in [-0.39, 0.29) is 5.75 Å². The number of phenols is 1. The summed E-state index contributed by atoms with van der Waals surface area (Å²) in [5.41, 5.74) is 4.43. The standard InChI is InChI=1S/C16H18ClNO/c1-11-7-12(2)9-14(8-11)18(3)10-13-5-4-6-15(17)16(13)19/h4-9,19H,10H2,1-3H3. The minimum atomic E-state index is 0.167. The number of rotatable bonds is 3. The van der Waals surface area contributed by atoms with Gasteiger partial charge in [-0.05, 0) is 43.2 Å². The molecule has 19 heavy (non-hydrogen) atoms. The van der Waals surface area contributed by atoms with Crippen molar-refractivity contribution in [3.05, 3.63) is 58.1 Å². The lowest BCUT2D eigenvalue weighted by atomic mass is 10.1. The van der Waals surface area contributed by atoms with Gasteiger partial charge >= 0.3 is 0 Å². The van der Waals surface area contributed by atoms with Crippen LogP contribution in [0.3, 0.4) is 0 Å². The summed E-state index contributed by atoms with van der Waals surface area (Å²) in [5, 5.41) is 10.3. The number of phenolic OH excluding ortho intramolecular Hbond substituents is 1. The van der Waals surface area contributed by atoms with E-state index in [9.17, 15) is 5.11 Å². The van der Waals surface area contributed by atoms with Crippen LogP contribution in [0.4, 0.5) is 5.69 Å². The summed E-state index contributed by atoms with van der Waals surface area (Å²) in [6.07, 6.45) is 0. The minimum Gasteiger partial charge on any atom is -0.506 e. The van der Waals surface area contributed by atoms with E-state index < -0.39 is 0 Å². The molecule has 2 nitrogen and oxygen atoms in total. The minimum absolute atomic E-state index is 0.167. The molecule has 2 aromatic rings. The molecule has 0 fully saturated rings. The maximum atomic E-state index is 9.94. The Morgan fingerprint density at radius 2 is 1.74 bits per heavy atom. The maximum absolute atomic E-state index is 9.94. The first-order valence-corrected chi connectivity index (χ1v) is 6.61. The Morgan fingerprint density at radius 3 is 2.37 bits per heavy atom. The average molecular weight is 276 g/mol. The van der Waals surface area contributed by atoms with Gasteiger partial charge < -0.3 is 10.0 Å². The van der Waals surface area contributed by atoms with Gasteiger partial charge in [-0.25, -0.2) is 0 Å². The number of para-hydroxylation sites is 1. The molecule has 0 saturated carbocycles. The van der Waals surface area contributed by atoms with Crippen LogP contribution in [0.15, 0.2) is 36.4 Å². The van der Waals surface area contributed by atoms with Gasteiger partial charge in [0.25, 0.3) is 0 Å². The van der Waals surface area contributed by atoms with Crippen LogP contribution < -0.4 is 4.90 Å². The zero-order valence-electron chi connectivity index (χ0n) is 11.4. The van der Waals surface area contributed by atoms with Crippen LogP contribution in [-0.4, -0.2) is 12.2 Å². The van der Waals surface area contributed by atoms with Gasteiger partial charge in [-0.15, -0.1) is 0 Å². The van der Waals surface area contributed by atoms with Crippen molar-refractivity contribution >= 4 is 17.3 Å². The number of halogens is 1. The van der Waals surface area contributed by atoms with E-state index >= 15 is 0 Å². The predicted molar refractivity (Wildman–Crippen MR) is 81.1 cm³/mol. The summed E-state index contributed by atoms with van der Waals surface area (Å²) in [4.78, 5) is 2.10. The average Bonchev–Trinajstić information content (AvgIpc) is 2.33. The normalized spacial score (nSPS) is 10.5. The molecule has 0 aliphatic rings. The molecule has 1 N–H and O–H groups in total. The Kier molecular flexibility index (Phi) is 4.01. The molecule has 100 valence electrons. The largest absolute Gasteiger partial charge is 0.506 e. The third kappa shape index (κ3) is 3.21. The van der Waals surface area contributed by atoms with Gasteiger partial charge in [-0.1, -0.05) is 29.8 Å². The zero-order valence-corrected chi connectivity index (χ0v) is 12.2. The molecule has 0 aromatic heterocycles. The predicted octanol–water partition coefficient (Wildman–Crippen LogP) is 4.30. The monoisotopic (exact) mass is 275 g/mol. The highest BCUT2D eigenvalue weighted by atomic mass is 35.5. The molecule has 0 aliphatic carbocycles. The molecule has 2 rings (SSSR count). The first-order valence-electron chi connectivity index (χ1n) is 6.23. The van der Waals surface area contributed by atoms with E-state index in [4.69, 9.17) is 11.6 Å². The smallest absolute Gasteiger partial charge is 0.139 e. The zero-order chi connectivity index (χ0) is 14.0. The second kappa shape index (κ2) is 5.54. The SMILES string of the molecule is Cc1cc(C)cc(N(C)Cc2cccc(Cl)c2O)c1. The van der Waals surface area contributed by atoms with E-state index in [1.165, 1.54) is 11.1 Å². The number of hydrogen-bond acceptors (Lipinski definition) is 2. The second-order valence-corrected chi connectivity index (χ2v) is 5.36. The van der Waals surface area contributed by atoms with Crippen LogP contribution >= 0.6 is 11.6 Å². The molecule has 0 heterocycles. The molecule has 0 amide bonds. The molecular weight excluding hydrogens is 258 g/mol. The Balaban J connectivity index is 2.25. The summed E-state index contributed by atoms with van der Waals surface area (Å²) >= 11 is 5.93. The summed E-state index contributed by atoms with van der Waals surface area (Å²) in [7, 11) is 2.01. The summed E-state index contributed by atoms with van der Waals surface area (Å²) in [6, 6.07) is 11.8. The van der Waals surface area contributed by atoms with Gasteiger partial charge in [0.1, 0.15) is 5.75 Å². The van der Waals surface area contributed by atoms with Crippen molar-refractivity contribution in [3.8, 4) is 5.75 Å². The van der Waals surface area contributed by atoms with Gasteiger partial charge in [-0.3, -0.25) is 0 Å². The molecule has 0 spiro atoms.